The topological polar surface area (TPSA) is 92.7 Å². The Morgan fingerprint density at radius 2 is 1.86 bits per heavy atom. The molecule has 4 heterocycles. The molecule has 2 aliphatic rings. The van der Waals surface area contributed by atoms with Gasteiger partial charge in [0, 0.05) is 63.3 Å². The lowest BCUT2D eigenvalue weighted by molar-refractivity contribution is -0.161. The first kappa shape index (κ1) is 24.3. The number of hydrogen-bond acceptors (Lipinski definition) is 8. The summed E-state index contributed by atoms with van der Waals surface area (Å²) < 4.78 is 38.2. The molecule has 0 radical (unpaired) electrons. The summed E-state index contributed by atoms with van der Waals surface area (Å²) in [7, 11) is 0. The van der Waals surface area contributed by atoms with Crippen molar-refractivity contribution in [3.05, 3.63) is 42.7 Å². The van der Waals surface area contributed by atoms with E-state index >= 15 is 0 Å². The lowest BCUT2D eigenvalue weighted by Crippen LogP contribution is -2.52. The van der Waals surface area contributed by atoms with E-state index in [-0.39, 0.29) is 26.2 Å². The van der Waals surface area contributed by atoms with E-state index in [0.717, 1.165) is 48.1 Å². The number of nitrogens with zero attached hydrogens (tertiary/aromatic N) is 5. The van der Waals surface area contributed by atoms with Gasteiger partial charge in [0.05, 0.1) is 37.1 Å². The number of carbonyl (C=O) groups excluding carboxylic acids is 1. The van der Waals surface area contributed by atoms with Gasteiger partial charge in [0.1, 0.15) is 5.52 Å². The Morgan fingerprint density at radius 1 is 1.11 bits per heavy atom. The molecular weight excluding hydrogens is 470 g/mol. The summed E-state index contributed by atoms with van der Waals surface area (Å²) >= 11 is 0. The van der Waals surface area contributed by atoms with E-state index < -0.39 is 17.9 Å². The molecule has 0 bridgehead atoms. The highest BCUT2D eigenvalue weighted by atomic mass is 19.3. The Kier molecular flexibility index (Phi) is 6.92. The van der Waals surface area contributed by atoms with Crippen LogP contribution in [-0.2, 0) is 14.3 Å². The van der Waals surface area contributed by atoms with Crippen molar-refractivity contribution < 1.29 is 23.0 Å². The molecule has 2 aliphatic heterocycles. The van der Waals surface area contributed by atoms with E-state index in [4.69, 9.17) is 14.5 Å². The van der Waals surface area contributed by atoms with Crippen LogP contribution in [0.15, 0.2) is 42.7 Å². The molecular formula is C25H28F2N6O3. The molecule has 11 heteroatoms. The van der Waals surface area contributed by atoms with Gasteiger partial charge in [-0.05, 0) is 18.2 Å². The number of rotatable bonds is 6. The molecule has 1 N–H and O–H groups in total. The molecule has 0 unspecified atom stereocenters. The highest BCUT2D eigenvalue weighted by Gasteiger charge is 2.38. The van der Waals surface area contributed by atoms with Gasteiger partial charge in [0.2, 0.25) is 0 Å². The smallest absolute Gasteiger partial charge is 0.322 e. The summed E-state index contributed by atoms with van der Waals surface area (Å²) in [5.41, 5.74) is 4.06. The summed E-state index contributed by atoms with van der Waals surface area (Å²) in [5, 5.41) is 3.24. The minimum Gasteiger partial charge on any atom is -0.378 e. The number of nitrogens with one attached hydrogen (secondary N) is 1. The molecule has 36 heavy (non-hydrogen) atoms. The van der Waals surface area contributed by atoms with E-state index in [0.29, 0.717) is 23.8 Å². The zero-order valence-corrected chi connectivity index (χ0v) is 20.0. The zero-order valence-electron chi connectivity index (χ0n) is 20.0. The van der Waals surface area contributed by atoms with Gasteiger partial charge in [-0.15, -0.1) is 0 Å². The third-order valence-electron chi connectivity index (χ3n) is 6.29. The fourth-order valence-electron chi connectivity index (χ4n) is 4.42. The summed E-state index contributed by atoms with van der Waals surface area (Å²) in [6, 6.07) is 10.1. The summed E-state index contributed by atoms with van der Waals surface area (Å²) in [4.78, 5) is 29.1. The summed E-state index contributed by atoms with van der Waals surface area (Å²) in [6.07, 6.45) is 2.75. The predicted molar refractivity (Wildman–Crippen MR) is 131 cm³/mol. The van der Waals surface area contributed by atoms with E-state index in [1.807, 2.05) is 18.2 Å². The molecule has 190 valence electrons. The molecule has 0 spiro atoms. The van der Waals surface area contributed by atoms with Crippen LogP contribution >= 0.6 is 0 Å². The number of halogens is 2. The molecule has 1 amide bonds. The summed E-state index contributed by atoms with van der Waals surface area (Å²) in [5.74, 6) is -4.08. The van der Waals surface area contributed by atoms with Crippen LogP contribution in [0.25, 0.3) is 22.3 Å². The van der Waals surface area contributed by atoms with E-state index in [2.05, 4.69) is 32.3 Å². The van der Waals surface area contributed by atoms with Crippen molar-refractivity contribution in [2.75, 3.05) is 62.8 Å². The Bertz CT molecular complexity index is 1210. The monoisotopic (exact) mass is 498 g/mol. The van der Waals surface area contributed by atoms with Crippen LogP contribution in [0, 0.1) is 0 Å². The van der Waals surface area contributed by atoms with Crippen molar-refractivity contribution in [2.45, 2.75) is 19.0 Å². The third-order valence-corrected chi connectivity index (χ3v) is 6.29. The number of pyridine rings is 1. The average Bonchev–Trinajstić information content (AvgIpc) is 2.91. The van der Waals surface area contributed by atoms with Gasteiger partial charge in [-0.2, -0.15) is 8.78 Å². The number of ether oxygens (including phenoxy) is 2. The van der Waals surface area contributed by atoms with Gasteiger partial charge in [-0.3, -0.25) is 9.78 Å². The SMILES string of the molecule is CC(F)(F)C(=O)N1CCO[C@H](CNc2nc(-c3ccc(N4CCOCC4)cc3)cc3nccnc23)C1. The second-order valence-corrected chi connectivity index (χ2v) is 8.94. The van der Waals surface area contributed by atoms with Crippen LogP contribution in [-0.4, -0.2) is 90.3 Å². The maximum Gasteiger partial charge on any atom is 0.322 e. The molecule has 5 rings (SSSR count). The fourth-order valence-corrected chi connectivity index (χ4v) is 4.42. The third kappa shape index (κ3) is 5.36. The normalized spacial score (nSPS) is 18.9. The number of amides is 1. The highest BCUT2D eigenvalue weighted by Crippen LogP contribution is 2.28. The van der Waals surface area contributed by atoms with Crippen molar-refractivity contribution >= 4 is 28.4 Å². The van der Waals surface area contributed by atoms with Crippen molar-refractivity contribution in [3.63, 3.8) is 0 Å². The number of alkyl halides is 2. The van der Waals surface area contributed by atoms with Crippen LogP contribution in [0.5, 0.6) is 0 Å². The molecule has 0 aliphatic carbocycles. The van der Waals surface area contributed by atoms with Crippen LogP contribution in [0.1, 0.15) is 6.92 Å². The number of anilines is 2. The second kappa shape index (κ2) is 10.3. The molecule has 0 saturated carbocycles. The second-order valence-electron chi connectivity index (χ2n) is 8.94. The average molecular weight is 499 g/mol. The molecule has 1 atom stereocenters. The lowest BCUT2D eigenvalue weighted by Gasteiger charge is -2.34. The quantitative estimate of drug-likeness (QED) is 0.555. The van der Waals surface area contributed by atoms with Crippen LogP contribution in [0.4, 0.5) is 20.3 Å². The van der Waals surface area contributed by atoms with Crippen molar-refractivity contribution in [2.24, 2.45) is 0 Å². The van der Waals surface area contributed by atoms with Gasteiger partial charge < -0.3 is 24.6 Å². The van der Waals surface area contributed by atoms with Crippen molar-refractivity contribution in [3.8, 4) is 11.3 Å². The predicted octanol–water partition coefficient (Wildman–Crippen LogP) is 2.82. The van der Waals surface area contributed by atoms with Crippen molar-refractivity contribution in [1.29, 1.82) is 0 Å². The van der Waals surface area contributed by atoms with Gasteiger partial charge in [0.25, 0.3) is 5.91 Å². The van der Waals surface area contributed by atoms with Crippen molar-refractivity contribution in [1.82, 2.24) is 19.9 Å². The molecule has 2 fully saturated rings. The molecule has 9 nitrogen and oxygen atoms in total. The van der Waals surface area contributed by atoms with Gasteiger partial charge in [-0.1, -0.05) is 12.1 Å². The first-order chi connectivity index (χ1) is 17.4. The Morgan fingerprint density at radius 3 is 2.61 bits per heavy atom. The molecule has 2 aromatic heterocycles. The number of aromatic nitrogens is 3. The maximum atomic E-state index is 13.5. The summed E-state index contributed by atoms with van der Waals surface area (Å²) in [6.45, 7) is 4.46. The standard InChI is InChI=1S/C25H28F2N6O3/c1-25(26,27)24(34)33-10-13-36-19(16-33)15-30-23-22-21(28-6-7-29-22)14-20(31-23)17-2-4-18(5-3-17)32-8-11-35-12-9-32/h2-7,14,19H,8-13,15-16H2,1H3,(H,30,31)/t19-/m1/s1. The lowest BCUT2D eigenvalue weighted by atomic mass is 10.1. The van der Waals surface area contributed by atoms with Gasteiger partial charge in [0.15, 0.2) is 5.82 Å². The maximum absolute atomic E-state index is 13.5. The number of fused-ring (bicyclic) bond motifs is 1. The van der Waals surface area contributed by atoms with E-state index in [1.165, 1.54) is 0 Å². The largest absolute Gasteiger partial charge is 0.378 e. The van der Waals surface area contributed by atoms with Crippen LogP contribution < -0.4 is 10.2 Å². The van der Waals surface area contributed by atoms with E-state index in [1.54, 1.807) is 12.4 Å². The Hall–Kier alpha value is -3.44. The molecule has 1 aromatic carbocycles. The number of benzene rings is 1. The molecule has 3 aromatic rings. The van der Waals surface area contributed by atoms with Crippen LogP contribution in [0.3, 0.4) is 0 Å². The Balaban J connectivity index is 1.34. The minimum atomic E-state index is -3.41. The number of morpholine rings is 2. The van der Waals surface area contributed by atoms with Gasteiger partial charge >= 0.3 is 5.92 Å². The first-order valence-electron chi connectivity index (χ1n) is 12.0. The van der Waals surface area contributed by atoms with E-state index in [9.17, 15) is 13.6 Å². The fraction of sp³-hybridized carbons (Fsp3) is 0.440. The Labute approximate surface area is 207 Å². The van der Waals surface area contributed by atoms with Gasteiger partial charge in [-0.25, -0.2) is 9.97 Å². The highest BCUT2D eigenvalue weighted by molar-refractivity contribution is 5.88. The minimum absolute atomic E-state index is 0.0710. The zero-order chi connectivity index (χ0) is 25.1. The van der Waals surface area contributed by atoms with Crippen LogP contribution in [0.2, 0.25) is 0 Å². The first-order valence-corrected chi connectivity index (χ1v) is 12.0. The molecule has 2 saturated heterocycles. The number of carbonyl (C=O) groups is 1. The number of hydrogen-bond donors (Lipinski definition) is 1.